The molecule has 0 radical (unpaired) electrons. The maximum absolute atomic E-state index is 5.23. The van der Waals surface area contributed by atoms with Crippen LogP contribution in [0.4, 0.5) is 0 Å². The van der Waals surface area contributed by atoms with E-state index >= 15 is 0 Å². The van der Waals surface area contributed by atoms with E-state index in [-0.39, 0.29) is 0 Å². The van der Waals surface area contributed by atoms with Crippen molar-refractivity contribution in [2.24, 2.45) is 5.92 Å². The largest absolute Gasteiger partial charge is 0.497 e. The van der Waals surface area contributed by atoms with Gasteiger partial charge >= 0.3 is 0 Å². The number of hydrogen-bond acceptors (Lipinski definition) is 2. The number of hydrogen-bond donors (Lipinski definition) is 0. The third-order valence-corrected chi connectivity index (χ3v) is 2.69. The summed E-state index contributed by atoms with van der Waals surface area (Å²) in [5, 5.41) is 0. The molecule has 0 spiro atoms. The van der Waals surface area contributed by atoms with Crippen molar-refractivity contribution in [1.29, 1.82) is 0 Å². The molecule has 15 heavy (non-hydrogen) atoms. The molecule has 2 nitrogen and oxygen atoms in total. The Morgan fingerprint density at radius 2 is 1.60 bits per heavy atom. The molecule has 84 valence electrons. The van der Waals surface area contributed by atoms with Crippen molar-refractivity contribution in [2.75, 3.05) is 14.2 Å². The Labute approximate surface area is 92.2 Å². The molecule has 1 aromatic carbocycles. The summed E-state index contributed by atoms with van der Waals surface area (Å²) in [5.41, 5.74) is 1.28. The first-order valence-corrected chi connectivity index (χ1v) is 5.41. The van der Waals surface area contributed by atoms with Crippen molar-refractivity contribution in [3.63, 3.8) is 0 Å². The molecule has 0 aliphatic carbocycles. The lowest BCUT2D eigenvalue weighted by Gasteiger charge is -2.11. The van der Waals surface area contributed by atoms with Crippen LogP contribution in [0, 0.1) is 5.92 Å². The summed E-state index contributed by atoms with van der Waals surface area (Å²) in [6, 6.07) is 6.06. The highest BCUT2D eigenvalue weighted by atomic mass is 16.5. The second-order valence-electron chi connectivity index (χ2n) is 3.94. The fourth-order valence-electron chi connectivity index (χ4n) is 1.53. The van der Waals surface area contributed by atoms with E-state index in [1.807, 2.05) is 6.07 Å². The fourth-order valence-corrected chi connectivity index (χ4v) is 1.53. The molecule has 2 heteroatoms. The summed E-state index contributed by atoms with van der Waals surface area (Å²) < 4.78 is 10.5. The Morgan fingerprint density at radius 3 is 2.00 bits per heavy atom. The third kappa shape index (κ3) is 3.46. The molecule has 0 aliphatic heterocycles. The van der Waals surface area contributed by atoms with E-state index in [2.05, 4.69) is 26.0 Å². The minimum absolute atomic E-state index is 0.696. The number of rotatable bonds is 5. The van der Waals surface area contributed by atoms with E-state index in [1.165, 1.54) is 12.0 Å². The van der Waals surface area contributed by atoms with Gasteiger partial charge in [0.05, 0.1) is 14.2 Å². The van der Waals surface area contributed by atoms with E-state index in [9.17, 15) is 0 Å². The van der Waals surface area contributed by atoms with Crippen LogP contribution >= 0.6 is 0 Å². The molecule has 0 amide bonds. The second kappa shape index (κ2) is 5.64. The molecule has 0 aliphatic rings. The lowest BCUT2D eigenvalue weighted by Crippen LogP contribution is -1.99. The van der Waals surface area contributed by atoms with Gasteiger partial charge in [-0.15, -0.1) is 0 Å². The van der Waals surface area contributed by atoms with Crippen molar-refractivity contribution in [3.8, 4) is 11.5 Å². The lowest BCUT2D eigenvalue weighted by atomic mass is 9.98. The third-order valence-electron chi connectivity index (χ3n) is 2.69. The van der Waals surface area contributed by atoms with Crippen LogP contribution < -0.4 is 9.47 Å². The average molecular weight is 208 g/mol. The molecule has 0 aromatic heterocycles. The summed E-state index contributed by atoms with van der Waals surface area (Å²) in [6.45, 7) is 4.47. The van der Waals surface area contributed by atoms with Gasteiger partial charge < -0.3 is 9.47 Å². The van der Waals surface area contributed by atoms with Crippen LogP contribution in [-0.4, -0.2) is 14.2 Å². The molecule has 0 saturated heterocycles. The highest BCUT2D eigenvalue weighted by molar-refractivity contribution is 5.38. The molecule has 0 N–H and O–H groups in total. The van der Waals surface area contributed by atoms with Crippen molar-refractivity contribution >= 4 is 0 Å². The number of methoxy groups -OCH3 is 2. The molecular weight excluding hydrogens is 188 g/mol. The van der Waals surface area contributed by atoms with Crippen molar-refractivity contribution in [3.05, 3.63) is 23.8 Å². The van der Waals surface area contributed by atoms with Gasteiger partial charge in [-0.2, -0.15) is 0 Å². The Balaban J connectivity index is 2.86. The average Bonchev–Trinajstić information content (AvgIpc) is 2.28. The molecule has 1 aromatic rings. The molecule has 0 saturated carbocycles. The summed E-state index contributed by atoms with van der Waals surface area (Å²) in [6.07, 6.45) is 2.27. The first-order valence-electron chi connectivity index (χ1n) is 5.41. The number of benzene rings is 1. The van der Waals surface area contributed by atoms with Gasteiger partial charge in [-0.25, -0.2) is 0 Å². The minimum Gasteiger partial charge on any atom is -0.497 e. The van der Waals surface area contributed by atoms with Crippen LogP contribution in [0.25, 0.3) is 0 Å². The first kappa shape index (κ1) is 11.9. The highest BCUT2D eigenvalue weighted by Crippen LogP contribution is 2.24. The molecule has 0 unspecified atom stereocenters. The SMILES string of the molecule is CC[C@@H](C)Cc1cc(OC)cc(OC)c1. The predicted molar refractivity (Wildman–Crippen MR) is 62.7 cm³/mol. The van der Waals surface area contributed by atoms with Gasteiger partial charge in [0.1, 0.15) is 11.5 Å². The zero-order valence-electron chi connectivity index (χ0n) is 10.0. The Bertz CT molecular complexity index is 285. The van der Waals surface area contributed by atoms with E-state index < -0.39 is 0 Å². The quantitative estimate of drug-likeness (QED) is 0.739. The topological polar surface area (TPSA) is 18.5 Å². The van der Waals surface area contributed by atoms with E-state index in [0.29, 0.717) is 5.92 Å². The summed E-state index contributed by atoms with van der Waals surface area (Å²) in [5.74, 6) is 2.43. The Morgan fingerprint density at radius 1 is 1.07 bits per heavy atom. The molecular formula is C13H20O2. The van der Waals surface area contributed by atoms with Gasteiger partial charge in [0.15, 0.2) is 0 Å². The maximum atomic E-state index is 5.23. The smallest absolute Gasteiger partial charge is 0.122 e. The molecule has 1 rings (SSSR count). The lowest BCUT2D eigenvalue weighted by molar-refractivity contribution is 0.392. The summed E-state index contributed by atoms with van der Waals surface area (Å²) in [4.78, 5) is 0. The zero-order valence-corrected chi connectivity index (χ0v) is 10.0. The second-order valence-corrected chi connectivity index (χ2v) is 3.94. The van der Waals surface area contributed by atoms with Gasteiger partial charge in [0.25, 0.3) is 0 Å². The molecule has 1 atom stereocenters. The van der Waals surface area contributed by atoms with E-state index in [0.717, 1.165) is 17.9 Å². The monoisotopic (exact) mass is 208 g/mol. The van der Waals surface area contributed by atoms with Gasteiger partial charge in [-0.3, -0.25) is 0 Å². The Kier molecular flexibility index (Phi) is 4.47. The van der Waals surface area contributed by atoms with Gasteiger partial charge in [0.2, 0.25) is 0 Å². The Hall–Kier alpha value is -1.18. The van der Waals surface area contributed by atoms with Crippen molar-refractivity contribution in [1.82, 2.24) is 0 Å². The van der Waals surface area contributed by atoms with Crippen LogP contribution in [0.5, 0.6) is 11.5 Å². The summed E-state index contributed by atoms with van der Waals surface area (Å²) >= 11 is 0. The normalized spacial score (nSPS) is 12.3. The van der Waals surface area contributed by atoms with Crippen LogP contribution in [0.15, 0.2) is 18.2 Å². The van der Waals surface area contributed by atoms with E-state index in [4.69, 9.17) is 9.47 Å². The molecule has 0 heterocycles. The van der Waals surface area contributed by atoms with Crippen LogP contribution in [0.3, 0.4) is 0 Å². The van der Waals surface area contributed by atoms with Crippen LogP contribution in [0.2, 0.25) is 0 Å². The molecule has 0 bridgehead atoms. The zero-order chi connectivity index (χ0) is 11.3. The van der Waals surface area contributed by atoms with Gasteiger partial charge in [-0.1, -0.05) is 20.3 Å². The van der Waals surface area contributed by atoms with Crippen LogP contribution in [-0.2, 0) is 6.42 Å². The van der Waals surface area contributed by atoms with Crippen molar-refractivity contribution < 1.29 is 9.47 Å². The van der Waals surface area contributed by atoms with E-state index in [1.54, 1.807) is 14.2 Å². The standard InChI is InChI=1S/C13H20O2/c1-5-10(2)6-11-7-12(14-3)9-13(8-11)15-4/h7-10H,5-6H2,1-4H3/t10-/m1/s1. The first-order chi connectivity index (χ1) is 7.19. The molecule has 0 fully saturated rings. The maximum Gasteiger partial charge on any atom is 0.122 e. The van der Waals surface area contributed by atoms with Crippen molar-refractivity contribution in [2.45, 2.75) is 26.7 Å². The van der Waals surface area contributed by atoms with Gasteiger partial charge in [-0.05, 0) is 30.0 Å². The van der Waals surface area contributed by atoms with Gasteiger partial charge in [0, 0.05) is 6.07 Å². The fraction of sp³-hybridized carbons (Fsp3) is 0.538. The van der Waals surface area contributed by atoms with Crippen LogP contribution in [0.1, 0.15) is 25.8 Å². The number of ether oxygens (including phenoxy) is 2. The summed E-state index contributed by atoms with van der Waals surface area (Å²) in [7, 11) is 3.36. The predicted octanol–water partition coefficient (Wildman–Crippen LogP) is 3.29. The minimum atomic E-state index is 0.696. The highest BCUT2D eigenvalue weighted by Gasteiger charge is 2.05.